The highest BCUT2D eigenvalue weighted by molar-refractivity contribution is 7.45. The number of anilines is 1. The van der Waals surface area contributed by atoms with Gasteiger partial charge in [0.05, 0.1) is 31.7 Å². The second kappa shape index (κ2) is 7.54. The molecule has 4 atom stereocenters. The lowest BCUT2D eigenvalue weighted by molar-refractivity contribution is -0.227. The van der Waals surface area contributed by atoms with E-state index in [4.69, 9.17) is 20.5 Å². The minimum atomic E-state index is -4.44. The van der Waals surface area contributed by atoms with Crippen LogP contribution in [0.5, 0.6) is 0 Å². The second-order valence-electron chi connectivity index (χ2n) is 5.38. The Labute approximate surface area is 147 Å². The van der Waals surface area contributed by atoms with Crippen molar-refractivity contribution in [2.75, 3.05) is 18.9 Å². The second-order valence-corrected chi connectivity index (χ2v) is 6.79. The van der Waals surface area contributed by atoms with E-state index in [0.717, 1.165) is 0 Å². The highest BCUT2D eigenvalue weighted by Crippen LogP contribution is 2.40. The number of azide groups is 1. The van der Waals surface area contributed by atoms with Crippen molar-refractivity contribution in [2.45, 2.75) is 31.7 Å². The number of phosphoric ester groups is 1. The average Bonchev–Trinajstić information content (AvgIpc) is 3.18. The average molecular weight is 383 g/mol. The zero-order chi connectivity index (χ0) is 18.7. The summed E-state index contributed by atoms with van der Waals surface area (Å²) in [6.07, 6.45) is 1.69. The molecule has 1 aliphatic rings. The fraction of sp³-hybridized carbons (Fsp3) is 0.583. The van der Waals surface area contributed by atoms with Crippen molar-refractivity contribution >= 4 is 24.8 Å². The first-order chi connectivity index (χ1) is 12.4. The molecule has 13 nitrogen and oxygen atoms in total. The van der Waals surface area contributed by atoms with Crippen molar-refractivity contribution in [1.29, 1.82) is 0 Å². The van der Waals surface area contributed by atoms with Crippen LogP contribution in [0.15, 0.2) is 17.8 Å². The van der Waals surface area contributed by atoms with Gasteiger partial charge in [0, 0.05) is 11.3 Å². The van der Waals surface area contributed by atoms with Crippen molar-refractivity contribution < 1.29 is 23.2 Å². The third-order valence-corrected chi connectivity index (χ3v) is 4.83. The predicted molar refractivity (Wildman–Crippen MR) is 86.4 cm³/mol. The quantitative estimate of drug-likeness (QED) is 0.313. The third-order valence-electron chi connectivity index (χ3n) is 3.79. The maximum Gasteiger partial charge on any atom is 0.267 e. The summed E-state index contributed by atoms with van der Waals surface area (Å²) < 4.78 is 28.3. The number of nitrogen functional groups attached to an aromatic ring is 1. The van der Waals surface area contributed by atoms with E-state index in [1.54, 1.807) is 4.57 Å². The van der Waals surface area contributed by atoms with Crippen molar-refractivity contribution in [3.63, 3.8) is 0 Å². The summed E-state index contributed by atoms with van der Waals surface area (Å²) in [5.74, 6) is 0.224. The fourth-order valence-corrected chi connectivity index (χ4v) is 3.38. The molecule has 26 heavy (non-hydrogen) atoms. The monoisotopic (exact) mass is 383 g/mol. The Morgan fingerprint density at radius 3 is 3.08 bits per heavy atom. The predicted octanol–water partition coefficient (Wildman–Crippen LogP) is 0.896. The van der Waals surface area contributed by atoms with Crippen LogP contribution in [0.1, 0.15) is 19.6 Å². The van der Waals surface area contributed by atoms with Crippen LogP contribution in [-0.2, 0) is 18.3 Å². The van der Waals surface area contributed by atoms with Crippen molar-refractivity contribution in [3.05, 3.63) is 23.1 Å². The van der Waals surface area contributed by atoms with Gasteiger partial charge in [-0.2, -0.15) is 0 Å². The topological polar surface area (TPSA) is 186 Å². The number of fused-ring (bicyclic) bond motifs is 1. The van der Waals surface area contributed by atoms with Gasteiger partial charge in [-0.15, -0.1) is 0 Å². The van der Waals surface area contributed by atoms with E-state index >= 15 is 0 Å². The smallest absolute Gasteiger partial charge is 0.267 e. The van der Waals surface area contributed by atoms with Crippen LogP contribution in [0, 0.1) is 0 Å². The number of hydrogen-bond donors (Lipinski definition) is 1. The Kier molecular flexibility index (Phi) is 5.37. The summed E-state index contributed by atoms with van der Waals surface area (Å²) in [7, 11) is -4.44. The largest absolute Gasteiger partial charge is 0.756 e. The summed E-state index contributed by atoms with van der Waals surface area (Å²) in [6, 6.07) is -0.636. The van der Waals surface area contributed by atoms with Crippen LogP contribution in [0.2, 0.25) is 0 Å². The Morgan fingerprint density at radius 2 is 2.35 bits per heavy atom. The van der Waals surface area contributed by atoms with Gasteiger partial charge in [0.25, 0.3) is 7.82 Å². The maximum absolute atomic E-state index is 11.6. The van der Waals surface area contributed by atoms with Crippen LogP contribution >= 0.6 is 7.82 Å². The van der Waals surface area contributed by atoms with Crippen LogP contribution in [-0.4, -0.2) is 44.9 Å². The molecule has 0 radical (unpaired) electrons. The minimum absolute atomic E-state index is 0.0448. The van der Waals surface area contributed by atoms with Crippen LogP contribution in [0.3, 0.4) is 0 Å². The minimum Gasteiger partial charge on any atom is -0.756 e. The third kappa shape index (κ3) is 3.78. The molecule has 1 saturated heterocycles. The van der Waals surface area contributed by atoms with E-state index in [1.807, 2.05) is 0 Å². The molecule has 2 N–H and O–H groups in total. The first kappa shape index (κ1) is 18.5. The summed E-state index contributed by atoms with van der Waals surface area (Å²) in [4.78, 5) is 26.5. The fourth-order valence-electron chi connectivity index (χ4n) is 2.66. The Bertz CT molecular complexity index is 884. The molecular formula is C12H16N8O5P-. The van der Waals surface area contributed by atoms with Gasteiger partial charge < -0.3 is 24.4 Å². The van der Waals surface area contributed by atoms with Gasteiger partial charge >= 0.3 is 0 Å². The van der Waals surface area contributed by atoms with E-state index in [-0.39, 0.29) is 25.5 Å². The molecule has 0 aliphatic carbocycles. The normalized spacial score (nSPS) is 25.1. The number of hydrogen-bond acceptors (Lipinski definition) is 10. The van der Waals surface area contributed by atoms with E-state index in [9.17, 15) is 9.46 Å². The van der Waals surface area contributed by atoms with Crippen LogP contribution in [0.25, 0.3) is 21.6 Å². The van der Waals surface area contributed by atoms with E-state index < -0.39 is 26.2 Å². The first-order valence-corrected chi connectivity index (χ1v) is 9.14. The van der Waals surface area contributed by atoms with Crippen LogP contribution < -0.4 is 10.6 Å². The zero-order valence-electron chi connectivity index (χ0n) is 13.7. The van der Waals surface area contributed by atoms with E-state index in [2.05, 4.69) is 29.5 Å². The molecule has 0 amide bonds. The number of aromatic nitrogens is 4. The molecule has 3 heterocycles. The van der Waals surface area contributed by atoms with Gasteiger partial charge in [0.2, 0.25) is 0 Å². The highest BCUT2D eigenvalue weighted by atomic mass is 31.2. The molecule has 0 aromatic carbocycles. The molecule has 3 rings (SSSR count). The molecule has 2 aromatic heterocycles. The molecule has 0 spiro atoms. The summed E-state index contributed by atoms with van der Waals surface area (Å²) in [5, 5.41) is 3.66. The number of imidazole rings is 1. The molecule has 0 bridgehead atoms. The molecule has 2 unspecified atom stereocenters. The maximum atomic E-state index is 11.6. The number of nitrogens with two attached hydrogens (primary N) is 1. The van der Waals surface area contributed by atoms with Gasteiger partial charge in [-0.05, 0) is 12.5 Å². The van der Waals surface area contributed by atoms with Gasteiger partial charge in [-0.25, -0.2) is 15.0 Å². The summed E-state index contributed by atoms with van der Waals surface area (Å²) >= 11 is 0. The SMILES string of the molecule is CCOP(=O)([O-])OC[C@H]1O[C@@H](n2cnc3c(N)ncnc32)CC1N=[N+]=[N-]. The molecule has 140 valence electrons. The molecule has 2 aromatic rings. The number of phosphoric acid groups is 1. The first-order valence-electron chi connectivity index (χ1n) is 7.68. The Balaban J connectivity index is 1.79. The van der Waals surface area contributed by atoms with E-state index in [1.165, 1.54) is 19.6 Å². The number of nitrogens with zero attached hydrogens (tertiary/aromatic N) is 7. The molecular weight excluding hydrogens is 367 g/mol. The van der Waals surface area contributed by atoms with Gasteiger partial charge in [-0.3, -0.25) is 9.13 Å². The van der Waals surface area contributed by atoms with Crippen molar-refractivity contribution in [1.82, 2.24) is 19.5 Å². The van der Waals surface area contributed by atoms with Gasteiger partial charge in [0.1, 0.15) is 18.1 Å². The Hall–Kier alpha value is -2.27. The number of ether oxygens (including phenoxy) is 1. The van der Waals surface area contributed by atoms with Gasteiger partial charge in [0.15, 0.2) is 11.5 Å². The zero-order valence-corrected chi connectivity index (χ0v) is 14.6. The van der Waals surface area contributed by atoms with Gasteiger partial charge in [-0.1, -0.05) is 5.11 Å². The highest BCUT2D eigenvalue weighted by Gasteiger charge is 2.37. The molecule has 1 aliphatic heterocycles. The standard InChI is InChI=1S/C12H17N8O5P/c1-2-23-26(21,22)24-4-8-7(18-19-14)3-9(25-8)20-6-17-10-11(13)15-5-16-12(10)20/h5-9H,2-4H2,1H3,(H,21,22)(H2,13,15,16)/p-1/t7?,8-,9-/m1/s1. The molecule has 1 fully saturated rings. The summed E-state index contributed by atoms with van der Waals surface area (Å²) in [5.41, 5.74) is 15.4. The van der Waals surface area contributed by atoms with Crippen molar-refractivity contribution in [3.8, 4) is 0 Å². The summed E-state index contributed by atoms with van der Waals surface area (Å²) in [6.45, 7) is 1.14. The lowest BCUT2D eigenvalue weighted by Crippen LogP contribution is -2.26. The van der Waals surface area contributed by atoms with Crippen molar-refractivity contribution in [2.24, 2.45) is 5.11 Å². The lowest BCUT2D eigenvalue weighted by atomic mass is 10.1. The van der Waals surface area contributed by atoms with Crippen LogP contribution in [0.4, 0.5) is 5.82 Å². The molecule has 0 saturated carbocycles. The van der Waals surface area contributed by atoms with E-state index in [0.29, 0.717) is 11.2 Å². The number of rotatable bonds is 7. The lowest BCUT2D eigenvalue weighted by Gasteiger charge is -2.24. The Morgan fingerprint density at radius 1 is 1.54 bits per heavy atom. The molecule has 14 heteroatoms.